The lowest BCUT2D eigenvalue weighted by Crippen LogP contribution is -2.14. The second kappa shape index (κ2) is 5.44. The molecule has 0 aliphatic carbocycles. The summed E-state index contributed by atoms with van der Waals surface area (Å²) in [5.41, 5.74) is 3.33. The molecule has 2 aromatic rings. The van der Waals surface area contributed by atoms with Crippen LogP contribution in [-0.4, -0.2) is 11.6 Å². The topological polar surface area (TPSA) is 41.5 Å². The number of hydrogen-bond donors (Lipinski definition) is 1. The summed E-state index contributed by atoms with van der Waals surface area (Å²) in [5, 5.41) is 3.87. The quantitative estimate of drug-likeness (QED) is 0.727. The molecule has 0 radical (unpaired) electrons. The highest BCUT2D eigenvalue weighted by atomic mass is 79.9. The summed E-state index contributed by atoms with van der Waals surface area (Å²) in [5.74, 6) is -0.245. The van der Waals surface area contributed by atoms with E-state index < -0.39 is 0 Å². The molecule has 0 aromatic heterocycles. The van der Waals surface area contributed by atoms with E-state index in [1.165, 1.54) is 0 Å². The molecule has 6 heteroatoms. The lowest BCUT2D eigenvalue weighted by Gasteiger charge is -2.04. The molecule has 0 spiro atoms. The van der Waals surface area contributed by atoms with Crippen molar-refractivity contribution >= 4 is 62.1 Å². The number of carbonyl (C=O) groups excluding carboxylic acids is 1. The Morgan fingerprint density at radius 1 is 1.19 bits per heavy atom. The van der Waals surface area contributed by atoms with Crippen molar-refractivity contribution in [2.75, 3.05) is 5.32 Å². The second-order valence-corrected chi connectivity index (χ2v) is 6.36. The first-order valence-corrected chi connectivity index (χ1v) is 7.66. The van der Waals surface area contributed by atoms with Crippen molar-refractivity contribution in [3.8, 4) is 0 Å². The van der Waals surface area contributed by atoms with Crippen molar-refractivity contribution in [2.24, 2.45) is 4.99 Å². The molecule has 106 valence electrons. The van der Waals surface area contributed by atoms with Gasteiger partial charge in [0.05, 0.1) is 16.4 Å². The SMILES string of the molecule is Cc1cc(Br)c(Cl)cc1N=C1C(=O)Nc2ccc(Cl)cc21. The fourth-order valence-corrected chi connectivity index (χ4v) is 2.90. The lowest BCUT2D eigenvalue weighted by molar-refractivity contribution is -0.110. The van der Waals surface area contributed by atoms with Crippen molar-refractivity contribution in [2.45, 2.75) is 6.92 Å². The van der Waals surface area contributed by atoms with Crippen LogP contribution >= 0.6 is 39.1 Å². The highest BCUT2D eigenvalue weighted by Crippen LogP contribution is 2.33. The molecule has 0 unspecified atom stereocenters. The predicted molar refractivity (Wildman–Crippen MR) is 90.2 cm³/mol. The fourth-order valence-electron chi connectivity index (χ4n) is 2.11. The van der Waals surface area contributed by atoms with Crippen LogP contribution in [0.5, 0.6) is 0 Å². The van der Waals surface area contributed by atoms with Crippen molar-refractivity contribution in [3.05, 3.63) is 56.0 Å². The summed E-state index contributed by atoms with van der Waals surface area (Å²) in [4.78, 5) is 16.5. The van der Waals surface area contributed by atoms with Crippen LogP contribution < -0.4 is 5.32 Å². The number of anilines is 1. The largest absolute Gasteiger partial charge is 0.320 e. The Morgan fingerprint density at radius 3 is 2.71 bits per heavy atom. The van der Waals surface area contributed by atoms with Crippen LogP contribution in [0.3, 0.4) is 0 Å². The van der Waals surface area contributed by atoms with E-state index in [9.17, 15) is 4.79 Å². The lowest BCUT2D eigenvalue weighted by atomic mass is 10.1. The van der Waals surface area contributed by atoms with Gasteiger partial charge < -0.3 is 5.32 Å². The first-order chi connectivity index (χ1) is 9.95. The highest BCUT2D eigenvalue weighted by molar-refractivity contribution is 9.10. The van der Waals surface area contributed by atoms with E-state index in [2.05, 4.69) is 26.2 Å². The summed E-state index contributed by atoms with van der Waals surface area (Å²) in [6, 6.07) is 8.81. The number of amides is 1. The Bertz CT molecular complexity index is 803. The smallest absolute Gasteiger partial charge is 0.275 e. The molecular weight excluding hydrogens is 375 g/mol. The fraction of sp³-hybridized carbons (Fsp3) is 0.0667. The van der Waals surface area contributed by atoms with E-state index in [-0.39, 0.29) is 5.91 Å². The monoisotopic (exact) mass is 382 g/mol. The van der Waals surface area contributed by atoms with Crippen LogP contribution in [0.4, 0.5) is 11.4 Å². The van der Waals surface area contributed by atoms with Crippen LogP contribution in [0.15, 0.2) is 39.8 Å². The number of hydrogen-bond acceptors (Lipinski definition) is 2. The summed E-state index contributed by atoms with van der Waals surface area (Å²) in [7, 11) is 0. The number of halogens is 3. The maximum absolute atomic E-state index is 12.1. The number of rotatable bonds is 1. The summed E-state index contributed by atoms with van der Waals surface area (Å²) < 4.78 is 0.796. The van der Waals surface area contributed by atoms with Gasteiger partial charge in [0.15, 0.2) is 0 Å². The number of nitrogens with zero attached hydrogens (tertiary/aromatic N) is 1. The van der Waals surface area contributed by atoms with Gasteiger partial charge in [-0.05, 0) is 58.7 Å². The molecule has 0 bridgehead atoms. The molecule has 21 heavy (non-hydrogen) atoms. The van der Waals surface area contributed by atoms with E-state index in [1.807, 2.05) is 13.0 Å². The minimum Gasteiger partial charge on any atom is -0.320 e. The third-order valence-electron chi connectivity index (χ3n) is 3.17. The minimum absolute atomic E-state index is 0.245. The standard InChI is InChI=1S/C15H9BrCl2N2O/c1-7-4-10(16)11(18)6-13(7)19-14-9-5-8(17)2-3-12(9)20-15(14)21/h2-6H,1H3,(H,19,20,21). The van der Waals surface area contributed by atoms with Crippen molar-refractivity contribution in [3.63, 3.8) is 0 Å². The zero-order valence-corrected chi connectivity index (χ0v) is 14.0. The Kier molecular flexibility index (Phi) is 3.78. The zero-order valence-electron chi connectivity index (χ0n) is 10.9. The molecule has 1 aliphatic rings. The molecule has 1 amide bonds. The maximum Gasteiger partial charge on any atom is 0.275 e. The van der Waals surface area contributed by atoms with Crippen LogP contribution in [0.1, 0.15) is 11.1 Å². The molecular formula is C15H9BrCl2N2O. The molecule has 3 nitrogen and oxygen atoms in total. The molecule has 0 atom stereocenters. The number of aryl methyl sites for hydroxylation is 1. The van der Waals surface area contributed by atoms with Gasteiger partial charge in [-0.1, -0.05) is 23.2 Å². The van der Waals surface area contributed by atoms with Crippen LogP contribution in [0.25, 0.3) is 0 Å². The molecule has 0 saturated carbocycles. The number of nitrogens with one attached hydrogen (secondary N) is 1. The second-order valence-electron chi connectivity index (χ2n) is 4.66. The van der Waals surface area contributed by atoms with E-state index in [4.69, 9.17) is 23.2 Å². The van der Waals surface area contributed by atoms with Gasteiger partial charge in [0, 0.05) is 15.1 Å². The van der Waals surface area contributed by atoms with Gasteiger partial charge in [-0.2, -0.15) is 0 Å². The first-order valence-electron chi connectivity index (χ1n) is 6.11. The molecule has 0 saturated heterocycles. The van der Waals surface area contributed by atoms with E-state index in [1.54, 1.807) is 24.3 Å². The van der Waals surface area contributed by atoms with Gasteiger partial charge in [-0.25, -0.2) is 4.99 Å². The Labute approximate surface area is 140 Å². The molecule has 0 fully saturated rings. The van der Waals surface area contributed by atoms with Gasteiger partial charge in [0.1, 0.15) is 5.71 Å². The predicted octanol–water partition coefficient (Wildman–Crippen LogP) is 5.14. The summed E-state index contributed by atoms with van der Waals surface area (Å²) >= 11 is 15.5. The van der Waals surface area contributed by atoms with Gasteiger partial charge in [0.2, 0.25) is 0 Å². The summed E-state index contributed by atoms with van der Waals surface area (Å²) in [6.45, 7) is 1.91. The van der Waals surface area contributed by atoms with Crippen LogP contribution in [0.2, 0.25) is 10.0 Å². The number of fused-ring (bicyclic) bond motifs is 1. The summed E-state index contributed by atoms with van der Waals surface area (Å²) in [6.07, 6.45) is 0. The van der Waals surface area contributed by atoms with Crippen molar-refractivity contribution in [1.29, 1.82) is 0 Å². The maximum atomic E-state index is 12.1. The van der Waals surface area contributed by atoms with Gasteiger partial charge >= 0.3 is 0 Å². The highest BCUT2D eigenvalue weighted by Gasteiger charge is 2.26. The van der Waals surface area contributed by atoms with Crippen LogP contribution in [-0.2, 0) is 4.79 Å². The Balaban J connectivity index is 2.15. The third kappa shape index (κ3) is 2.71. The van der Waals surface area contributed by atoms with E-state index in [0.29, 0.717) is 32.7 Å². The van der Waals surface area contributed by atoms with Crippen molar-refractivity contribution in [1.82, 2.24) is 0 Å². The average molecular weight is 384 g/mol. The Morgan fingerprint density at radius 2 is 1.95 bits per heavy atom. The molecule has 3 rings (SSSR count). The van der Waals surface area contributed by atoms with Crippen LogP contribution in [0, 0.1) is 6.92 Å². The molecule has 2 aromatic carbocycles. The van der Waals surface area contributed by atoms with Gasteiger partial charge in [0.25, 0.3) is 5.91 Å². The zero-order chi connectivity index (χ0) is 15.1. The first kappa shape index (κ1) is 14.6. The average Bonchev–Trinajstić information content (AvgIpc) is 2.72. The van der Waals surface area contributed by atoms with Crippen molar-refractivity contribution < 1.29 is 4.79 Å². The van der Waals surface area contributed by atoms with Gasteiger partial charge in [-0.15, -0.1) is 0 Å². The number of aliphatic imine (C=N–C) groups is 1. The van der Waals surface area contributed by atoms with E-state index in [0.717, 1.165) is 10.0 Å². The molecule has 1 N–H and O–H groups in total. The Hall–Kier alpha value is -1.36. The third-order valence-corrected chi connectivity index (χ3v) is 4.60. The number of benzene rings is 2. The normalized spacial score (nSPS) is 15.2. The number of carbonyl (C=O) groups is 1. The van der Waals surface area contributed by atoms with E-state index >= 15 is 0 Å². The molecule has 1 aliphatic heterocycles. The van der Waals surface area contributed by atoms with Gasteiger partial charge in [-0.3, -0.25) is 4.79 Å². The molecule has 1 heterocycles. The minimum atomic E-state index is -0.245.